The number of allylic oxidation sites excluding steroid dienone is 3. The highest BCUT2D eigenvalue weighted by atomic mass is 16.7. The monoisotopic (exact) mass is 376 g/mol. The molecule has 0 aliphatic carbocycles. The van der Waals surface area contributed by atoms with Crippen molar-refractivity contribution in [2.75, 3.05) is 0 Å². The molecule has 2 rings (SSSR count). The molecule has 0 radical (unpaired) electrons. The predicted molar refractivity (Wildman–Crippen MR) is 114 cm³/mol. The molecule has 2 aliphatic rings. The van der Waals surface area contributed by atoms with Gasteiger partial charge in [-0.15, -0.1) is 0 Å². The number of hydrogen-bond acceptors (Lipinski definition) is 4. The van der Waals surface area contributed by atoms with Gasteiger partial charge in [0.2, 0.25) is 0 Å². The third-order valence-corrected chi connectivity index (χ3v) is 6.63. The molecule has 0 N–H and O–H groups in total. The van der Waals surface area contributed by atoms with Crippen molar-refractivity contribution in [1.29, 1.82) is 0 Å². The van der Waals surface area contributed by atoms with Crippen LogP contribution in [-0.2, 0) is 18.6 Å². The fraction of sp³-hybridized carbons (Fsp3) is 0.810. The summed E-state index contributed by atoms with van der Waals surface area (Å²) in [5, 5.41) is 0. The summed E-state index contributed by atoms with van der Waals surface area (Å²) < 4.78 is 25.5. The van der Waals surface area contributed by atoms with Gasteiger partial charge in [-0.1, -0.05) is 31.9 Å². The van der Waals surface area contributed by atoms with E-state index in [1.807, 2.05) is 6.92 Å². The Morgan fingerprint density at radius 2 is 1.11 bits per heavy atom. The van der Waals surface area contributed by atoms with Crippen molar-refractivity contribution in [3.63, 3.8) is 0 Å². The van der Waals surface area contributed by atoms with Gasteiger partial charge in [0, 0.05) is 0 Å². The summed E-state index contributed by atoms with van der Waals surface area (Å²) in [6.45, 7) is 25.1. The van der Waals surface area contributed by atoms with Gasteiger partial charge >= 0.3 is 14.2 Å². The van der Waals surface area contributed by atoms with Crippen molar-refractivity contribution in [2.24, 2.45) is 0 Å². The normalized spacial score (nSPS) is 26.3. The Labute approximate surface area is 167 Å². The van der Waals surface area contributed by atoms with Gasteiger partial charge in [0.05, 0.1) is 22.4 Å². The fourth-order valence-electron chi connectivity index (χ4n) is 3.32. The van der Waals surface area contributed by atoms with Gasteiger partial charge in [-0.25, -0.2) is 0 Å². The molecule has 0 saturated carbocycles. The molecule has 27 heavy (non-hydrogen) atoms. The summed E-state index contributed by atoms with van der Waals surface area (Å²) in [6, 6.07) is 0. The molecule has 0 atom stereocenters. The lowest BCUT2D eigenvalue weighted by Gasteiger charge is -2.32. The van der Waals surface area contributed by atoms with Crippen LogP contribution in [0.25, 0.3) is 0 Å². The van der Waals surface area contributed by atoms with Gasteiger partial charge in [-0.2, -0.15) is 0 Å². The molecule has 4 nitrogen and oxygen atoms in total. The highest BCUT2D eigenvalue weighted by molar-refractivity contribution is 6.63. The zero-order valence-electron chi connectivity index (χ0n) is 19.1. The second kappa shape index (κ2) is 7.37. The Morgan fingerprint density at radius 1 is 0.741 bits per heavy atom. The van der Waals surface area contributed by atoms with Crippen LogP contribution >= 0.6 is 0 Å². The fourth-order valence-corrected chi connectivity index (χ4v) is 3.32. The molecule has 2 heterocycles. The summed E-state index contributed by atoms with van der Waals surface area (Å²) in [7, 11) is -0.870. The van der Waals surface area contributed by atoms with Crippen LogP contribution in [0.4, 0.5) is 0 Å². The molecule has 0 unspecified atom stereocenters. The van der Waals surface area contributed by atoms with E-state index in [2.05, 4.69) is 68.9 Å². The van der Waals surface area contributed by atoms with Crippen molar-refractivity contribution in [1.82, 2.24) is 0 Å². The van der Waals surface area contributed by atoms with E-state index in [9.17, 15) is 0 Å². The van der Waals surface area contributed by atoms with E-state index in [1.165, 1.54) is 0 Å². The molecule has 0 spiro atoms. The third-order valence-electron chi connectivity index (χ3n) is 6.63. The largest absolute Gasteiger partial charge is 0.494 e. The van der Waals surface area contributed by atoms with Gasteiger partial charge in [-0.05, 0) is 79.7 Å². The van der Waals surface area contributed by atoms with Crippen LogP contribution in [0.1, 0.15) is 88.5 Å². The van der Waals surface area contributed by atoms with Gasteiger partial charge in [0.1, 0.15) is 0 Å². The minimum atomic E-state index is -0.460. The van der Waals surface area contributed by atoms with Gasteiger partial charge in [-0.3, -0.25) is 0 Å². The molecular formula is C21H38B2O4. The maximum absolute atomic E-state index is 6.39. The quantitative estimate of drug-likeness (QED) is 0.465. The highest BCUT2D eigenvalue weighted by Gasteiger charge is 2.56. The second-order valence-corrected chi connectivity index (χ2v) is 10.00. The van der Waals surface area contributed by atoms with Crippen LogP contribution in [0.2, 0.25) is 0 Å². The first-order chi connectivity index (χ1) is 12.2. The van der Waals surface area contributed by atoms with Crippen molar-refractivity contribution in [3.8, 4) is 0 Å². The van der Waals surface area contributed by atoms with E-state index in [1.54, 1.807) is 0 Å². The predicted octanol–water partition coefficient (Wildman–Crippen LogP) is 5.31. The lowest BCUT2D eigenvalue weighted by Crippen LogP contribution is -2.41. The van der Waals surface area contributed by atoms with Crippen LogP contribution in [-0.4, -0.2) is 36.6 Å². The Kier molecular flexibility index (Phi) is 6.20. The lowest BCUT2D eigenvalue weighted by molar-refractivity contribution is 0.00578. The summed E-state index contributed by atoms with van der Waals surface area (Å²) in [6.07, 6.45) is 3.02. The van der Waals surface area contributed by atoms with E-state index < -0.39 is 25.4 Å². The maximum Gasteiger partial charge on any atom is 0.494 e. The van der Waals surface area contributed by atoms with Crippen molar-refractivity contribution in [2.45, 2.75) is 111 Å². The lowest BCUT2D eigenvalue weighted by atomic mass is 9.61. The summed E-state index contributed by atoms with van der Waals surface area (Å²) in [4.78, 5) is 0. The smallest absolute Gasteiger partial charge is 0.400 e. The van der Waals surface area contributed by atoms with E-state index >= 15 is 0 Å². The first kappa shape index (κ1) is 22.7. The number of rotatable bonds is 6. The molecular weight excluding hydrogens is 338 g/mol. The van der Waals surface area contributed by atoms with Gasteiger partial charge < -0.3 is 18.6 Å². The Balaban J connectivity index is 2.49. The van der Waals surface area contributed by atoms with E-state index in [0.29, 0.717) is 0 Å². The summed E-state index contributed by atoms with van der Waals surface area (Å²) >= 11 is 0. The first-order valence-electron chi connectivity index (χ1n) is 10.3. The minimum Gasteiger partial charge on any atom is -0.400 e. The molecule has 0 aromatic carbocycles. The second-order valence-electron chi connectivity index (χ2n) is 10.00. The van der Waals surface area contributed by atoms with E-state index in [0.717, 1.165) is 35.8 Å². The van der Waals surface area contributed by atoms with Crippen LogP contribution in [0, 0.1) is 0 Å². The molecule has 0 aromatic rings. The zero-order valence-corrected chi connectivity index (χ0v) is 19.1. The molecule has 6 heteroatoms. The zero-order chi connectivity index (χ0) is 20.8. The van der Waals surface area contributed by atoms with Crippen LogP contribution in [0.15, 0.2) is 23.1 Å². The topological polar surface area (TPSA) is 36.9 Å². The Hall–Kier alpha value is -0.550. The number of unbranched alkanes of at least 4 members (excludes halogenated alkanes) is 1. The van der Waals surface area contributed by atoms with E-state index in [4.69, 9.17) is 18.6 Å². The maximum atomic E-state index is 6.39. The molecule has 0 aromatic heterocycles. The van der Waals surface area contributed by atoms with Crippen molar-refractivity contribution in [3.05, 3.63) is 23.1 Å². The van der Waals surface area contributed by atoms with Gasteiger partial charge in [0.25, 0.3) is 0 Å². The average Bonchev–Trinajstić information content (AvgIpc) is 2.82. The summed E-state index contributed by atoms with van der Waals surface area (Å²) in [5.74, 6) is 0. The molecule has 152 valence electrons. The van der Waals surface area contributed by atoms with Gasteiger partial charge in [0.15, 0.2) is 0 Å². The molecule has 2 saturated heterocycles. The first-order valence-corrected chi connectivity index (χ1v) is 10.3. The van der Waals surface area contributed by atoms with Crippen molar-refractivity contribution < 1.29 is 18.6 Å². The highest BCUT2D eigenvalue weighted by Crippen LogP contribution is 2.44. The van der Waals surface area contributed by atoms with Crippen molar-refractivity contribution >= 4 is 14.2 Å². The molecule has 2 fully saturated rings. The molecule has 0 bridgehead atoms. The Morgan fingerprint density at radius 3 is 1.44 bits per heavy atom. The average molecular weight is 376 g/mol. The molecule has 2 aliphatic heterocycles. The van der Waals surface area contributed by atoms with Crippen LogP contribution < -0.4 is 0 Å². The standard InChI is InChI=1S/C21H38B2O4/c1-12-13-14-16(22-24-18(4,5)19(6,7)25-22)17(15(2)3)23-26-20(8,9)21(10,11)27-23/h2,12-14H2,1,3-11H3/b17-16+. The Bertz CT molecular complexity index is 588. The van der Waals surface area contributed by atoms with E-state index in [-0.39, 0.29) is 11.2 Å². The van der Waals surface area contributed by atoms with Crippen LogP contribution in [0.5, 0.6) is 0 Å². The van der Waals surface area contributed by atoms with Crippen LogP contribution in [0.3, 0.4) is 0 Å². The summed E-state index contributed by atoms with van der Waals surface area (Å²) in [5.41, 5.74) is 1.46. The SMILES string of the molecule is C=C(C)/C(B1OC(C)(C)C(C)(C)O1)=C(/CCCC)B1OC(C)(C)C(C)(C)O1. The third kappa shape index (κ3) is 4.24. The molecule has 0 amide bonds. The minimum absolute atomic E-state index is 0.384. The number of hydrogen-bond donors (Lipinski definition) is 0.